The van der Waals surface area contributed by atoms with Crippen molar-refractivity contribution < 1.29 is 9.47 Å². The third-order valence-corrected chi connectivity index (χ3v) is 4.34. The highest BCUT2D eigenvalue weighted by atomic mass is 16.5. The SMILES string of the molecule is COc1ccc(NC2CCCCc3ccccc32)cc1OC. The molecule has 0 heterocycles. The van der Waals surface area contributed by atoms with Crippen LogP contribution in [0, 0.1) is 0 Å². The maximum atomic E-state index is 5.40. The topological polar surface area (TPSA) is 30.5 Å². The van der Waals surface area contributed by atoms with E-state index in [0.29, 0.717) is 6.04 Å². The molecule has 0 radical (unpaired) electrons. The van der Waals surface area contributed by atoms with Crippen molar-refractivity contribution in [2.24, 2.45) is 0 Å². The summed E-state index contributed by atoms with van der Waals surface area (Å²) in [7, 11) is 3.33. The first-order valence-electron chi connectivity index (χ1n) is 7.88. The fraction of sp³-hybridized carbons (Fsp3) is 0.368. The zero-order chi connectivity index (χ0) is 15.4. The van der Waals surface area contributed by atoms with Gasteiger partial charge in [0.05, 0.1) is 20.3 Å². The molecule has 0 saturated heterocycles. The summed E-state index contributed by atoms with van der Waals surface area (Å²) >= 11 is 0. The van der Waals surface area contributed by atoms with E-state index in [1.807, 2.05) is 12.1 Å². The van der Waals surface area contributed by atoms with Crippen LogP contribution in [0.2, 0.25) is 0 Å². The number of benzene rings is 2. The largest absolute Gasteiger partial charge is 0.493 e. The van der Waals surface area contributed by atoms with Crippen LogP contribution in [0.25, 0.3) is 0 Å². The Balaban J connectivity index is 1.86. The smallest absolute Gasteiger partial charge is 0.162 e. The third kappa shape index (κ3) is 3.03. The van der Waals surface area contributed by atoms with E-state index in [4.69, 9.17) is 9.47 Å². The molecule has 1 atom stereocenters. The van der Waals surface area contributed by atoms with Crippen molar-refractivity contribution >= 4 is 5.69 Å². The van der Waals surface area contributed by atoms with Crippen LogP contribution in [0.5, 0.6) is 11.5 Å². The summed E-state index contributed by atoms with van der Waals surface area (Å²) in [5.41, 5.74) is 3.96. The molecular weight excluding hydrogens is 274 g/mol. The van der Waals surface area contributed by atoms with Gasteiger partial charge in [0.25, 0.3) is 0 Å². The van der Waals surface area contributed by atoms with Crippen LogP contribution in [-0.2, 0) is 6.42 Å². The van der Waals surface area contributed by atoms with E-state index < -0.39 is 0 Å². The van der Waals surface area contributed by atoms with Gasteiger partial charge in [0.15, 0.2) is 11.5 Å². The summed E-state index contributed by atoms with van der Waals surface area (Å²) in [6.45, 7) is 0. The summed E-state index contributed by atoms with van der Waals surface area (Å²) in [5, 5.41) is 3.67. The zero-order valence-electron chi connectivity index (χ0n) is 13.3. The van der Waals surface area contributed by atoms with E-state index in [1.165, 1.54) is 30.4 Å². The Morgan fingerprint density at radius 1 is 0.955 bits per heavy atom. The molecule has 2 aromatic carbocycles. The molecule has 0 saturated carbocycles. The van der Waals surface area contributed by atoms with Gasteiger partial charge in [-0.3, -0.25) is 0 Å². The zero-order valence-corrected chi connectivity index (χ0v) is 13.3. The normalized spacial score (nSPS) is 17.3. The minimum atomic E-state index is 0.358. The molecule has 2 aromatic rings. The molecule has 0 aromatic heterocycles. The Kier molecular flexibility index (Phi) is 4.52. The van der Waals surface area contributed by atoms with E-state index in [-0.39, 0.29) is 0 Å². The Hall–Kier alpha value is -2.16. The van der Waals surface area contributed by atoms with Gasteiger partial charge in [0, 0.05) is 11.8 Å². The lowest BCUT2D eigenvalue weighted by molar-refractivity contribution is 0.355. The van der Waals surface area contributed by atoms with Crippen molar-refractivity contribution in [2.45, 2.75) is 31.7 Å². The number of hydrogen-bond acceptors (Lipinski definition) is 3. The molecule has 1 aliphatic carbocycles. The molecule has 0 fully saturated rings. The lowest BCUT2D eigenvalue weighted by Crippen LogP contribution is -2.11. The quantitative estimate of drug-likeness (QED) is 0.838. The van der Waals surface area contributed by atoms with Gasteiger partial charge in [0.2, 0.25) is 0 Å². The standard InChI is InChI=1S/C19H23NO2/c1-21-18-12-11-15(13-19(18)22-2)20-17-10-6-4-8-14-7-3-5-9-16(14)17/h3,5,7,9,11-13,17,20H,4,6,8,10H2,1-2H3. The van der Waals surface area contributed by atoms with Gasteiger partial charge in [-0.25, -0.2) is 0 Å². The Bertz CT molecular complexity index is 639. The number of methoxy groups -OCH3 is 2. The summed E-state index contributed by atoms with van der Waals surface area (Å²) in [5.74, 6) is 1.52. The summed E-state index contributed by atoms with van der Waals surface area (Å²) in [6, 6.07) is 15.1. The van der Waals surface area contributed by atoms with Crippen molar-refractivity contribution in [3.63, 3.8) is 0 Å². The molecule has 3 heteroatoms. The second-order valence-corrected chi connectivity index (χ2v) is 5.71. The highest BCUT2D eigenvalue weighted by Gasteiger charge is 2.18. The van der Waals surface area contributed by atoms with Crippen LogP contribution in [0.1, 0.15) is 36.4 Å². The van der Waals surface area contributed by atoms with Crippen LogP contribution in [0.4, 0.5) is 5.69 Å². The molecule has 1 aliphatic rings. The summed E-state index contributed by atoms with van der Waals surface area (Å²) < 4.78 is 10.7. The second-order valence-electron chi connectivity index (χ2n) is 5.71. The van der Waals surface area contributed by atoms with Crippen molar-refractivity contribution in [3.05, 3.63) is 53.6 Å². The number of ether oxygens (including phenoxy) is 2. The van der Waals surface area contributed by atoms with Crippen LogP contribution in [-0.4, -0.2) is 14.2 Å². The monoisotopic (exact) mass is 297 g/mol. The van der Waals surface area contributed by atoms with Crippen molar-refractivity contribution in [1.82, 2.24) is 0 Å². The summed E-state index contributed by atoms with van der Waals surface area (Å²) in [4.78, 5) is 0. The predicted octanol–water partition coefficient (Wildman–Crippen LogP) is 4.58. The molecule has 3 nitrogen and oxygen atoms in total. The molecule has 0 amide bonds. The highest BCUT2D eigenvalue weighted by molar-refractivity contribution is 5.56. The minimum absolute atomic E-state index is 0.358. The van der Waals surface area contributed by atoms with Gasteiger partial charge < -0.3 is 14.8 Å². The maximum Gasteiger partial charge on any atom is 0.162 e. The van der Waals surface area contributed by atoms with Crippen LogP contribution >= 0.6 is 0 Å². The molecule has 0 spiro atoms. The Morgan fingerprint density at radius 3 is 2.59 bits per heavy atom. The average Bonchev–Trinajstić information content (AvgIpc) is 2.77. The molecule has 22 heavy (non-hydrogen) atoms. The van der Waals surface area contributed by atoms with Crippen LogP contribution in [0.15, 0.2) is 42.5 Å². The molecule has 1 unspecified atom stereocenters. The predicted molar refractivity (Wildman–Crippen MR) is 89.9 cm³/mol. The number of hydrogen-bond donors (Lipinski definition) is 1. The highest BCUT2D eigenvalue weighted by Crippen LogP contribution is 2.34. The van der Waals surface area contributed by atoms with Crippen molar-refractivity contribution in [1.29, 1.82) is 0 Å². The van der Waals surface area contributed by atoms with Crippen molar-refractivity contribution in [3.8, 4) is 11.5 Å². The lowest BCUT2D eigenvalue weighted by atomic mass is 9.99. The molecule has 3 rings (SSSR count). The fourth-order valence-corrected chi connectivity index (χ4v) is 3.20. The van der Waals surface area contributed by atoms with Crippen LogP contribution in [0.3, 0.4) is 0 Å². The van der Waals surface area contributed by atoms with Crippen LogP contribution < -0.4 is 14.8 Å². The Morgan fingerprint density at radius 2 is 1.77 bits per heavy atom. The molecule has 0 aliphatic heterocycles. The van der Waals surface area contributed by atoms with E-state index >= 15 is 0 Å². The van der Waals surface area contributed by atoms with Crippen molar-refractivity contribution in [2.75, 3.05) is 19.5 Å². The molecular formula is C19H23NO2. The first kappa shape index (κ1) is 14.8. The van der Waals surface area contributed by atoms with E-state index in [2.05, 4.69) is 35.6 Å². The molecule has 116 valence electrons. The lowest BCUT2D eigenvalue weighted by Gasteiger charge is -2.21. The third-order valence-electron chi connectivity index (χ3n) is 4.34. The first-order chi connectivity index (χ1) is 10.8. The van der Waals surface area contributed by atoms with Gasteiger partial charge in [-0.1, -0.05) is 30.7 Å². The maximum absolute atomic E-state index is 5.40. The first-order valence-corrected chi connectivity index (χ1v) is 7.88. The van der Waals surface area contributed by atoms with E-state index in [1.54, 1.807) is 14.2 Å². The van der Waals surface area contributed by atoms with Gasteiger partial charge in [-0.15, -0.1) is 0 Å². The minimum Gasteiger partial charge on any atom is -0.493 e. The number of fused-ring (bicyclic) bond motifs is 1. The number of nitrogens with one attached hydrogen (secondary N) is 1. The van der Waals surface area contributed by atoms with E-state index in [0.717, 1.165) is 23.6 Å². The fourth-order valence-electron chi connectivity index (χ4n) is 3.20. The Labute approximate surface area is 132 Å². The second kappa shape index (κ2) is 6.73. The molecule has 0 bridgehead atoms. The van der Waals surface area contributed by atoms with Gasteiger partial charge in [-0.2, -0.15) is 0 Å². The number of aryl methyl sites for hydroxylation is 1. The molecule has 1 N–H and O–H groups in total. The average molecular weight is 297 g/mol. The number of anilines is 1. The summed E-state index contributed by atoms with van der Waals surface area (Å²) in [6.07, 6.45) is 4.85. The van der Waals surface area contributed by atoms with Gasteiger partial charge in [-0.05, 0) is 42.5 Å². The van der Waals surface area contributed by atoms with E-state index in [9.17, 15) is 0 Å². The van der Waals surface area contributed by atoms with Gasteiger partial charge >= 0.3 is 0 Å². The van der Waals surface area contributed by atoms with Gasteiger partial charge in [0.1, 0.15) is 0 Å². The number of rotatable bonds is 4.